The van der Waals surface area contributed by atoms with E-state index in [0.717, 1.165) is 0 Å². The van der Waals surface area contributed by atoms with Crippen LogP contribution in [0, 0.1) is 35.5 Å². The lowest BCUT2D eigenvalue weighted by molar-refractivity contribution is -0.189. The molecule has 1 saturated heterocycles. The van der Waals surface area contributed by atoms with Crippen LogP contribution in [0.2, 0.25) is 0 Å². The van der Waals surface area contributed by atoms with E-state index in [-0.39, 0.29) is 18.3 Å². The Labute approximate surface area is 282 Å². The van der Waals surface area contributed by atoms with Crippen LogP contribution in [0.5, 0.6) is 0 Å². The summed E-state index contributed by atoms with van der Waals surface area (Å²) >= 11 is 0. The van der Waals surface area contributed by atoms with Gasteiger partial charge in [-0.3, -0.25) is 19.3 Å². The third-order valence-electron chi connectivity index (χ3n) is 9.09. The van der Waals surface area contributed by atoms with Gasteiger partial charge in [0, 0.05) is 20.0 Å². The highest BCUT2D eigenvalue weighted by Gasteiger charge is 2.45. The van der Waals surface area contributed by atoms with E-state index in [0.29, 0.717) is 6.42 Å². The molecule has 0 bridgehead atoms. The average molecular weight is 670 g/mol. The highest BCUT2D eigenvalue weighted by molar-refractivity contribution is 5.92. The molecule has 0 aliphatic carbocycles. The second-order valence-electron chi connectivity index (χ2n) is 15.0. The fourth-order valence-electron chi connectivity index (χ4n) is 5.96. The number of ether oxygens (including phenoxy) is 3. The van der Waals surface area contributed by atoms with Crippen LogP contribution >= 0.6 is 0 Å². The number of rotatable bonds is 8. The normalized spacial score (nSPS) is 29.4. The maximum atomic E-state index is 14.1. The van der Waals surface area contributed by atoms with Gasteiger partial charge < -0.3 is 29.1 Å². The molecule has 12 heteroatoms. The summed E-state index contributed by atoms with van der Waals surface area (Å²) in [6, 6.07) is -3.16. The number of nitrogens with zero attached hydrogens (tertiary/aromatic N) is 3. The van der Waals surface area contributed by atoms with Crippen LogP contribution in [0.25, 0.3) is 0 Å². The highest BCUT2D eigenvalue weighted by atomic mass is 16.6. The molecule has 1 heterocycles. The number of hydrogen-bond acceptors (Lipinski definition) is 10. The Morgan fingerprint density at radius 1 is 0.617 bits per heavy atom. The lowest BCUT2D eigenvalue weighted by Gasteiger charge is -2.40. The molecule has 0 aromatic carbocycles. The summed E-state index contributed by atoms with van der Waals surface area (Å²) in [6.07, 6.45) is -4.21. The van der Waals surface area contributed by atoms with Gasteiger partial charge in [0.1, 0.15) is 30.5 Å². The van der Waals surface area contributed by atoms with E-state index in [2.05, 4.69) is 0 Å². The zero-order chi connectivity index (χ0) is 36.7. The van der Waals surface area contributed by atoms with Gasteiger partial charge >= 0.3 is 17.9 Å². The zero-order valence-electron chi connectivity index (χ0n) is 31.5. The molecular weight excluding hydrogens is 606 g/mol. The summed E-state index contributed by atoms with van der Waals surface area (Å²) in [5.41, 5.74) is 0. The molecule has 2 amide bonds. The number of aliphatic hydroxyl groups excluding tert-OH is 1. The number of hydrogen-bond donors (Lipinski definition) is 1. The quantitative estimate of drug-likeness (QED) is 0.300. The maximum Gasteiger partial charge on any atom is 0.329 e. The van der Waals surface area contributed by atoms with Crippen molar-refractivity contribution in [1.82, 2.24) is 14.7 Å². The molecule has 0 saturated carbocycles. The summed E-state index contributed by atoms with van der Waals surface area (Å²) in [4.78, 5) is 73.5. The Hall–Kier alpha value is -2.73. The SMILES string of the molecule is CC[C@@H](C)[C@H]1OC(=O)[C@H](CC(C)C)N(C)[C@@H](O)[C@@H](C(C)C)OC(=O)[C@H](C(C)C)N(C)C(=O)[C@@H](C(C)C)OC(=O)[C@H](C(C)C)N(C)C1=O. The monoisotopic (exact) mass is 669 g/mol. The van der Waals surface area contributed by atoms with Crippen molar-refractivity contribution in [2.45, 2.75) is 139 Å². The molecule has 0 radical (unpaired) electrons. The Bertz CT molecular complexity index is 1080. The number of carbonyl (C=O) groups is 5. The van der Waals surface area contributed by atoms with Crippen molar-refractivity contribution in [3.8, 4) is 0 Å². The van der Waals surface area contributed by atoms with Gasteiger partial charge in [-0.1, -0.05) is 83.1 Å². The second-order valence-corrected chi connectivity index (χ2v) is 15.0. The van der Waals surface area contributed by atoms with Crippen molar-refractivity contribution in [2.24, 2.45) is 35.5 Å². The van der Waals surface area contributed by atoms with Crippen molar-refractivity contribution in [3.63, 3.8) is 0 Å². The van der Waals surface area contributed by atoms with Crippen molar-refractivity contribution < 1.29 is 43.3 Å². The minimum Gasteiger partial charge on any atom is -0.456 e. The third-order valence-corrected chi connectivity index (χ3v) is 9.09. The van der Waals surface area contributed by atoms with Gasteiger partial charge in [-0.2, -0.15) is 0 Å². The molecule has 1 N–H and O–H groups in total. The molecule has 0 aromatic heterocycles. The van der Waals surface area contributed by atoms with Gasteiger partial charge in [0.2, 0.25) is 0 Å². The largest absolute Gasteiger partial charge is 0.456 e. The summed E-state index contributed by atoms with van der Waals surface area (Å²) in [5, 5.41) is 11.6. The van der Waals surface area contributed by atoms with Crippen LogP contribution in [0.15, 0.2) is 0 Å². The fourth-order valence-corrected chi connectivity index (χ4v) is 5.96. The van der Waals surface area contributed by atoms with Gasteiger partial charge in [-0.15, -0.1) is 0 Å². The predicted octanol–water partition coefficient (Wildman–Crippen LogP) is 3.72. The predicted molar refractivity (Wildman–Crippen MR) is 179 cm³/mol. The number of esters is 3. The van der Waals surface area contributed by atoms with Gasteiger partial charge in [0.05, 0.1) is 0 Å². The molecule has 1 aliphatic heterocycles. The van der Waals surface area contributed by atoms with Crippen LogP contribution in [0.3, 0.4) is 0 Å². The minimum atomic E-state index is -1.42. The highest BCUT2D eigenvalue weighted by Crippen LogP contribution is 2.26. The zero-order valence-corrected chi connectivity index (χ0v) is 31.5. The smallest absolute Gasteiger partial charge is 0.329 e. The molecule has 0 aromatic rings. The fraction of sp³-hybridized carbons (Fsp3) is 0.857. The molecule has 12 nitrogen and oxygen atoms in total. The Morgan fingerprint density at radius 3 is 1.43 bits per heavy atom. The molecule has 47 heavy (non-hydrogen) atoms. The molecule has 1 fully saturated rings. The van der Waals surface area contributed by atoms with Crippen LogP contribution in [-0.4, -0.2) is 113 Å². The van der Waals surface area contributed by atoms with E-state index in [1.54, 1.807) is 69.4 Å². The summed E-state index contributed by atoms with van der Waals surface area (Å²) in [7, 11) is 4.48. The van der Waals surface area contributed by atoms with E-state index < -0.39 is 96.1 Å². The lowest BCUT2D eigenvalue weighted by atomic mass is 9.96. The molecular formula is C35H63N3O9. The second kappa shape index (κ2) is 18.1. The Kier molecular flexibility index (Phi) is 16.3. The van der Waals surface area contributed by atoms with Crippen LogP contribution in [0.1, 0.15) is 95.9 Å². The van der Waals surface area contributed by atoms with Gasteiger partial charge in [0.25, 0.3) is 11.8 Å². The van der Waals surface area contributed by atoms with E-state index in [1.807, 2.05) is 20.8 Å². The van der Waals surface area contributed by atoms with Gasteiger partial charge in [0.15, 0.2) is 12.2 Å². The minimum absolute atomic E-state index is 0.000453. The first-order valence-corrected chi connectivity index (χ1v) is 17.1. The van der Waals surface area contributed by atoms with E-state index in [4.69, 9.17) is 14.2 Å². The van der Waals surface area contributed by atoms with Crippen LogP contribution in [-0.2, 0) is 38.2 Å². The maximum absolute atomic E-state index is 14.1. The third kappa shape index (κ3) is 10.6. The van der Waals surface area contributed by atoms with Crippen LogP contribution < -0.4 is 0 Å². The van der Waals surface area contributed by atoms with Crippen molar-refractivity contribution in [1.29, 1.82) is 0 Å². The first kappa shape index (κ1) is 42.3. The number of cyclic esters (lactones) is 3. The van der Waals surface area contributed by atoms with E-state index in [9.17, 15) is 29.1 Å². The average Bonchev–Trinajstić information content (AvgIpc) is 2.96. The molecule has 272 valence electrons. The summed E-state index contributed by atoms with van der Waals surface area (Å²) in [6.45, 7) is 21.6. The van der Waals surface area contributed by atoms with E-state index in [1.165, 1.54) is 28.8 Å². The Morgan fingerprint density at radius 2 is 1.04 bits per heavy atom. The molecule has 1 aliphatic rings. The van der Waals surface area contributed by atoms with Crippen molar-refractivity contribution in [2.75, 3.05) is 21.1 Å². The lowest BCUT2D eigenvalue weighted by Crippen LogP contribution is -2.58. The number of likely N-dealkylation sites (N-methyl/N-ethyl adjacent to an activating group) is 3. The summed E-state index contributed by atoms with van der Waals surface area (Å²) in [5.74, 6) is -5.48. The summed E-state index contributed by atoms with van der Waals surface area (Å²) < 4.78 is 17.8. The van der Waals surface area contributed by atoms with E-state index >= 15 is 0 Å². The Balaban J connectivity index is 3.97. The standard InChI is InChI=1S/C35H63N3O9/c1-16-23(12)29-32(41)38(15)26(20(6)7)35(44)46-28(22(10)11)31(40)37(14)25(19(4)5)34(43)45-27(21(8)9)30(39)36(13)24(17-18(2)3)33(42)47-29/h18-30,39H,16-17H2,1-15H3/t23-,24+,25+,26+,27-,28-,29-,30+/m1/s1. The van der Waals surface area contributed by atoms with Gasteiger partial charge in [-0.05, 0) is 49.5 Å². The molecule has 8 atom stereocenters. The molecule has 1 rings (SSSR count). The van der Waals surface area contributed by atoms with Gasteiger partial charge in [-0.25, -0.2) is 9.59 Å². The number of carbonyl (C=O) groups excluding carboxylic acids is 5. The van der Waals surface area contributed by atoms with Crippen LogP contribution in [0.4, 0.5) is 0 Å². The number of aliphatic hydroxyl groups is 1. The van der Waals surface area contributed by atoms with Crippen molar-refractivity contribution in [3.05, 3.63) is 0 Å². The number of amides is 2. The van der Waals surface area contributed by atoms with Crippen molar-refractivity contribution >= 4 is 29.7 Å². The first-order valence-electron chi connectivity index (χ1n) is 17.1. The topological polar surface area (TPSA) is 143 Å². The molecule has 0 unspecified atom stereocenters. The molecule has 0 spiro atoms. The first-order chi connectivity index (χ1) is 21.6.